The number of aryl methyl sites for hydroxylation is 1. The van der Waals surface area contributed by atoms with Gasteiger partial charge in [-0.1, -0.05) is 5.16 Å². The third kappa shape index (κ3) is 3.33. The van der Waals surface area contributed by atoms with Gasteiger partial charge in [-0.3, -0.25) is 0 Å². The van der Waals surface area contributed by atoms with Gasteiger partial charge in [0.15, 0.2) is 0 Å². The Balaban J connectivity index is 2.26. The summed E-state index contributed by atoms with van der Waals surface area (Å²) in [5.41, 5.74) is 5.43. The van der Waals surface area contributed by atoms with Crippen LogP contribution in [0.1, 0.15) is 24.1 Å². The van der Waals surface area contributed by atoms with Gasteiger partial charge in [-0.15, -0.1) is 11.3 Å². The van der Waals surface area contributed by atoms with Crippen LogP contribution >= 0.6 is 27.3 Å². The highest BCUT2D eigenvalue weighted by Gasteiger charge is 2.38. The number of nitrogens with zero attached hydrogens (tertiary/aromatic N) is 2. The minimum absolute atomic E-state index is 0.0320. The normalized spacial score (nSPS) is 16.9. The van der Waals surface area contributed by atoms with Crippen LogP contribution in [0.4, 0.5) is 0 Å². The fraction of sp³-hybridized carbons (Fsp3) is 0.545. The average Bonchev–Trinajstić information content (AvgIpc) is 3.14. The maximum Gasteiger partial charge on any atom is 0.244 e. The van der Waals surface area contributed by atoms with E-state index in [2.05, 4.69) is 21.1 Å². The van der Waals surface area contributed by atoms with E-state index in [-0.39, 0.29) is 24.8 Å². The fourth-order valence-corrected chi connectivity index (χ4v) is 6.02. The number of oxime groups is 1. The molecule has 0 saturated heterocycles. The number of nitrogens with two attached hydrogens (primary N) is 1. The molecule has 2 rings (SSSR count). The second-order valence-electron chi connectivity index (χ2n) is 4.66. The summed E-state index contributed by atoms with van der Waals surface area (Å²) < 4.78 is 27.7. The third-order valence-electron chi connectivity index (χ3n) is 3.10. The Labute approximate surface area is 130 Å². The van der Waals surface area contributed by atoms with E-state index in [4.69, 9.17) is 10.9 Å². The molecule has 112 valence electrons. The zero-order valence-corrected chi connectivity index (χ0v) is 14.1. The molecule has 1 heterocycles. The summed E-state index contributed by atoms with van der Waals surface area (Å²) in [7, 11) is -3.53. The lowest BCUT2D eigenvalue weighted by atomic mass is 10.4. The van der Waals surface area contributed by atoms with Crippen LogP contribution in [0.3, 0.4) is 0 Å². The monoisotopic (exact) mass is 381 g/mol. The summed E-state index contributed by atoms with van der Waals surface area (Å²) in [4.78, 5) is 1.09. The summed E-state index contributed by atoms with van der Waals surface area (Å²) in [6, 6.07) is 1.67. The molecule has 1 aromatic heterocycles. The summed E-state index contributed by atoms with van der Waals surface area (Å²) in [5, 5.41) is 11.4. The second-order valence-corrected chi connectivity index (χ2v) is 9.15. The highest BCUT2D eigenvalue weighted by molar-refractivity contribution is 9.11. The highest BCUT2D eigenvalue weighted by Crippen LogP contribution is 2.36. The molecule has 1 aliphatic rings. The molecule has 0 bridgehead atoms. The quantitative estimate of drug-likeness (QED) is 0.341. The number of hydrogen-bond acceptors (Lipinski definition) is 5. The number of hydrogen-bond donors (Lipinski definition) is 2. The van der Waals surface area contributed by atoms with Gasteiger partial charge in [-0.05, 0) is 41.8 Å². The molecule has 1 saturated carbocycles. The summed E-state index contributed by atoms with van der Waals surface area (Å²) >= 11 is 4.71. The Hall–Kier alpha value is -0.640. The molecular weight excluding hydrogens is 366 g/mol. The van der Waals surface area contributed by atoms with Gasteiger partial charge in [0.05, 0.1) is 8.68 Å². The van der Waals surface area contributed by atoms with Gasteiger partial charge in [0.25, 0.3) is 0 Å². The topological polar surface area (TPSA) is 96.0 Å². The van der Waals surface area contributed by atoms with Crippen molar-refractivity contribution in [2.24, 2.45) is 10.9 Å². The minimum atomic E-state index is -3.53. The molecule has 6 nitrogen and oxygen atoms in total. The maximum absolute atomic E-state index is 12.7. The van der Waals surface area contributed by atoms with E-state index in [1.54, 1.807) is 13.0 Å². The van der Waals surface area contributed by atoms with Crippen molar-refractivity contribution in [1.29, 1.82) is 0 Å². The van der Waals surface area contributed by atoms with Crippen LogP contribution in [0.5, 0.6) is 0 Å². The predicted molar refractivity (Wildman–Crippen MR) is 81.7 cm³/mol. The lowest BCUT2D eigenvalue weighted by molar-refractivity contribution is 0.315. The van der Waals surface area contributed by atoms with E-state index in [1.807, 2.05) is 0 Å². The van der Waals surface area contributed by atoms with Crippen LogP contribution in [0.25, 0.3) is 0 Å². The van der Waals surface area contributed by atoms with Gasteiger partial charge in [-0.2, -0.15) is 4.31 Å². The number of rotatable bonds is 6. The third-order valence-corrected chi connectivity index (χ3v) is 6.86. The van der Waals surface area contributed by atoms with Crippen LogP contribution in [0.2, 0.25) is 0 Å². The predicted octanol–water partition coefficient (Wildman–Crippen LogP) is 2.11. The first-order chi connectivity index (χ1) is 9.36. The number of amidine groups is 1. The molecule has 0 spiro atoms. The van der Waals surface area contributed by atoms with Crippen molar-refractivity contribution in [3.05, 3.63) is 14.7 Å². The molecule has 9 heteroatoms. The Bertz CT molecular complexity index is 623. The van der Waals surface area contributed by atoms with Crippen molar-refractivity contribution in [3.8, 4) is 0 Å². The molecule has 1 aromatic rings. The lowest BCUT2D eigenvalue weighted by Crippen LogP contribution is -2.36. The molecular formula is C11H16BrN3O3S2. The molecule has 1 fully saturated rings. The highest BCUT2D eigenvalue weighted by atomic mass is 79.9. The zero-order chi connectivity index (χ0) is 14.9. The molecule has 0 unspecified atom stereocenters. The molecule has 0 aromatic carbocycles. The van der Waals surface area contributed by atoms with Crippen LogP contribution in [0, 0.1) is 6.92 Å². The van der Waals surface area contributed by atoms with Gasteiger partial charge in [-0.25, -0.2) is 8.42 Å². The summed E-state index contributed by atoms with van der Waals surface area (Å²) in [5.74, 6) is 0.0362. The van der Waals surface area contributed by atoms with Crippen LogP contribution in [0.15, 0.2) is 19.9 Å². The smallest absolute Gasteiger partial charge is 0.244 e. The molecule has 3 N–H and O–H groups in total. The Morgan fingerprint density at radius 2 is 2.30 bits per heavy atom. The molecule has 20 heavy (non-hydrogen) atoms. The van der Waals surface area contributed by atoms with Gasteiger partial charge in [0, 0.05) is 23.9 Å². The standard InChI is InChI=1S/C11H16BrN3O3S2/c1-7-9(6-10(12)19-7)20(17,18)15(8-2-3-8)5-4-11(13)14-16/h6,8,16H,2-5H2,1H3,(H2,13,14). The maximum atomic E-state index is 12.7. The number of sulfonamides is 1. The molecule has 0 radical (unpaired) electrons. The second kappa shape index (κ2) is 6.00. The number of thiophene rings is 1. The molecule has 0 amide bonds. The zero-order valence-electron chi connectivity index (χ0n) is 10.9. The van der Waals surface area contributed by atoms with Gasteiger partial charge >= 0.3 is 0 Å². The van der Waals surface area contributed by atoms with Crippen molar-refractivity contribution >= 4 is 43.1 Å². The lowest BCUT2D eigenvalue weighted by Gasteiger charge is -2.21. The first-order valence-corrected chi connectivity index (χ1v) is 9.15. The van der Waals surface area contributed by atoms with Gasteiger partial charge in [0.1, 0.15) is 5.84 Å². The minimum Gasteiger partial charge on any atom is -0.409 e. The summed E-state index contributed by atoms with van der Waals surface area (Å²) in [6.07, 6.45) is 1.94. The van der Waals surface area contributed by atoms with Crippen molar-refractivity contribution < 1.29 is 13.6 Å². The van der Waals surface area contributed by atoms with Crippen molar-refractivity contribution in [3.63, 3.8) is 0 Å². The van der Waals surface area contributed by atoms with Gasteiger partial charge in [0.2, 0.25) is 10.0 Å². The van der Waals surface area contributed by atoms with Crippen molar-refractivity contribution in [2.45, 2.75) is 37.1 Å². The van der Waals surface area contributed by atoms with Crippen molar-refractivity contribution in [2.75, 3.05) is 6.54 Å². The Morgan fingerprint density at radius 3 is 2.75 bits per heavy atom. The van der Waals surface area contributed by atoms with E-state index in [0.717, 1.165) is 21.5 Å². The van der Waals surface area contributed by atoms with E-state index < -0.39 is 10.0 Å². The molecule has 0 aliphatic heterocycles. The van der Waals surface area contributed by atoms with Crippen LogP contribution in [-0.2, 0) is 10.0 Å². The SMILES string of the molecule is Cc1sc(Br)cc1S(=O)(=O)N(CCC(N)=NO)C1CC1. The fourth-order valence-electron chi connectivity index (χ4n) is 1.95. The Kier molecular flexibility index (Phi) is 4.73. The van der Waals surface area contributed by atoms with Crippen LogP contribution < -0.4 is 5.73 Å². The van der Waals surface area contributed by atoms with E-state index in [1.165, 1.54) is 15.6 Å². The van der Waals surface area contributed by atoms with Gasteiger partial charge < -0.3 is 10.9 Å². The largest absolute Gasteiger partial charge is 0.409 e. The van der Waals surface area contributed by atoms with E-state index >= 15 is 0 Å². The van der Waals surface area contributed by atoms with Crippen LogP contribution in [-0.4, -0.2) is 36.4 Å². The Morgan fingerprint density at radius 1 is 1.65 bits per heavy atom. The van der Waals surface area contributed by atoms with E-state index in [9.17, 15) is 8.42 Å². The van der Waals surface area contributed by atoms with E-state index in [0.29, 0.717) is 4.90 Å². The first kappa shape index (κ1) is 15.7. The average molecular weight is 382 g/mol. The molecule has 0 atom stereocenters. The van der Waals surface area contributed by atoms with Crippen molar-refractivity contribution in [1.82, 2.24) is 4.31 Å². The first-order valence-electron chi connectivity index (χ1n) is 6.10. The summed E-state index contributed by atoms with van der Waals surface area (Å²) in [6.45, 7) is 2.02. The number of halogens is 1. The molecule has 1 aliphatic carbocycles.